The minimum Gasteiger partial charge on any atom is -0.341 e. The molecule has 2 unspecified atom stereocenters. The van der Waals surface area contributed by atoms with Crippen molar-refractivity contribution in [3.8, 4) is 6.07 Å². The Kier molecular flexibility index (Phi) is 5.79. The Labute approximate surface area is 229 Å². The normalized spacial score (nSPS) is 44.7. The molecular formula is C33H47N3O2. The smallest absolute Gasteiger partial charge is 0.314 e. The molecule has 0 bridgehead atoms. The molecule has 0 radical (unpaired) electrons. The topological polar surface area (TPSA) is 82.0 Å². The fourth-order valence-electron chi connectivity index (χ4n) is 10.3. The molecule has 5 heteroatoms. The van der Waals surface area contributed by atoms with Crippen LogP contribution in [0.25, 0.3) is 0 Å². The summed E-state index contributed by atoms with van der Waals surface area (Å²) in [5, 5.41) is 16.2. The summed E-state index contributed by atoms with van der Waals surface area (Å²) >= 11 is 0. The lowest BCUT2D eigenvalue weighted by Crippen LogP contribution is -2.69. The van der Waals surface area contributed by atoms with E-state index in [0.717, 1.165) is 50.5 Å². The highest BCUT2D eigenvalue weighted by Crippen LogP contribution is 2.74. The Morgan fingerprint density at radius 2 is 1.71 bits per heavy atom. The Morgan fingerprint density at radius 1 is 1.05 bits per heavy atom. The van der Waals surface area contributed by atoms with Crippen molar-refractivity contribution in [3.63, 3.8) is 0 Å². The molecule has 3 fully saturated rings. The Hall–Kier alpha value is -2.35. The van der Waals surface area contributed by atoms with Crippen LogP contribution in [0, 0.1) is 56.2 Å². The first-order chi connectivity index (χ1) is 17.5. The Morgan fingerprint density at radius 3 is 2.34 bits per heavy atom. The number of hydrogen-bond donors (Lipinski definition) is 2. The highest BCUT2D eigenvalue weighted by atomic mass is 16.2. The predicted molar refractivity (Wildman–Crippen MR) is 151 cm³/mol. The van der Waals surface area contributed by atoms with Gasteiger partial charge in [0.15, 0.2) is 5.78 Å². The number of urea groups is 1. The third-order valence-corrected chi connectivity index (χ3v) is 12.6. The molecule has 5 nitrogen and oxygen atoms in total. The van der Waals surface area contributed by atoms with Gasteiger partial charge in [-0.2, -0.15) is 5.26 Å². The number of nitrogens with zero attached hydrogens (tertiary/aromatic N) is 1. The second-order valence-corrected chi connectivity index (χ2v) is 15.3. The number of Topliss-reactive ketones (excluding diaryl/α,β-unsaturated/α-hetero) is 1. The van der Waals surface area contributed by atoms with Crippen LogP contribution in [0.15, 0.2) is 35.5 Å². The maximum Gasteiger partial charge on any atom is 0.314 e. The molecule has 0 aromatic carbocycles. The minimum atomic E-state index is -0.581. The van der Waals surface area contributed by atoms with E-state index in [0.29, 0.717) is 11.5 Å². The second-order valence-electron chi connectivity index (χ2n) is 15.3. The van der Waals surface area contributed by atoms with Gasteiger partial charge in [0.1, 0.15) is 6.07 Å². The molecule has 7 atom stereocenters. The number of nitriles is 1. The van der Waals surface area contributed by atoms with Gasteiger partial charge in [0.2, 0.25) is 0 Å². The van der Waals surface area contributed by atoms with E-state index in [1.807, 2.05) is 19.9 Å². The molecule has 0 heterocycles. The Bertz CT molecular complexity index is 1220. The number of ketones is 1. The number of carbonyl (C=O) groups is 2. The highest BCUT2D eigenvalue weighted by Gasteiger charge is 2.68. The fourth-order valence-corrected chi connectivity index (χ4v) is 10.3. The van der Waals surface area contributed by atoms with Crippen LogP contribution in [0.3, 0.4) is 0 Å². The zero-order chi connectivity index (χ0) is 28.1. The zero-order valence-electron chi connectivity index (χ0n) is 24.8. The number of fused-ring (bicyclic) bond motifs is 7. The first-order valence-electron chi connectivity index (χ1n) is 14.6. The number of rotatable bonds is 1. The molecule has 0 spiro atoms. The van der Waals surface area contributed by atoms with Crippen molar-refractivity contribution in [1.29, 1.82) is 5.26 Å². The van der Waals surface area contributed by atoms with Crippen molar-refractivity contribution in [3.05, 3.63) is 35.5 Å². The van der Waals surface area contributed by atoms with Gasteiger partial charge in [-0.3, -0.25) is 4.79 Å². The lowest BCUT2D eigenvalue weighted by Gasteiger charge is -2.70. The van der Waals surface area contributed by atoms with Gasteiger partial charge in [0.25, 0.3) is 0 Å². The first kappa shape index (κ1) is 27.2. The molecule has 0 aromatic rings. The third kappa shape index (κ3) is 3.34. The SMILES string of the molecule is C=C1C=C2[C@@]3(C)C=C(C#N)C(=O)C(C)(C)[C@@H]3CC[C@@]2(C)[C@]2(C)CC[C@@]3(NC(=O)NC)CCC(C)(C)CC3C12. The van der Waals surface area contributed by atoms with Gasteiger partial charge in [0.05, 0.1) is 5.57 Å². The molecular weight excluding hydrogens is 470 g/mol. The standard InChI is InChI=1S/C33H47N3O2/c1-20-16-24-30(6)17-21(19-34)26(37)29(4,5)23(30)10-11-31(24,7)32(8)13-15-33(36-27(38)35-9)14-12-28(2,3)18-22(33)25(20)32/h16-17,22-23,25H,1,10-15,18H2,2-9H3,(H2,35,36,38)/t22?,23-,25?,30-,31+,32+,33-/m0/s1. The van der Waals surface area contributed by atoms with Gasteiger partial charge in [-0.15, -0.1) is 0 Å². The first-order valence-corrected chi connectivity index (χ1v) is 14.6. The molecule has 3 saturated carbocycles. The summed E-state index contributed by atoms with van der Waals surface area (Å²) in [6, 6.07) is 2.16. The number of nitrogens with one attached hydrogen (secondary N) is 2. The summed E-state index contributed by atoms with van der Waals surface area (Å²) < 4.78 is 0. The molecule has 0 saturated heterocycles. The van der Waals surface area contributed by atoms with Crippen molar-refractivity contribution >= 4 is 11.8 Å². The number of hydrogen-bond acceptors (Lipinski definition) is 3. The maximum atomic E-state index is 13.3. The van der Waals surface area contributed by atoms with Crippen molar-refractivity contribution in [2.75, 3.05) is 7.05 Å². The molecule has 0 aromatic heterocycles. The fraction of sp³-hybridized carbons (Fsp3) is 0.727. The molecule has 2 N–H and O–H groups in total. The summed E-state index contributed by atoms with van der Waals surface area (Å²) in [7, 11) is 1.70. The molecule has 0 aliphatic heterocycles. The highest BCUT2D eigenvalue weighted by molar-refractivity contribution is 6.04. The van der Waals surface area contributed by atoms with Crippen molar-refractivity contribution in [1.82, 2.24) is 10.6 Å². The predicted octanol–water partition coefficient (Wildman–Crippen LogP) is 6.87. The molecule has 206 valence electrons. The zero-order valence-corrected chi connectivity index (χ0v) is 24.8. The van der Waals surface area contributed by atoms with Crippen LogP contribution < -0.4 is 10.6 Å². The van der Waals surface area contributed by atoms with Crippen LogP contribution in [0.4, 0.5) is 4.79 Å². The lowest BCUT2D eigenvalue weighted by atomic mass is 9.34. The van der Waals surface area contributed by atoms with Crippen LogP contribution in [-0.2, 0) is 4.79 Å². The number of carbonyl (C=O) groups excluding carboxylic acids is 2. The van der Waals surface area contributed by atoms with Gasteiger partial charge >= 0.3 is 6.03 Å². The van der Waals surface area contributed by atoms with Crippen LogP contribution in [0.5, 0.6) is 0 Å². The van der Waals surface area contributed by atoms with E-state index in [9.17, 15) is 14.9 Å². The van der Waals surface area contributed by atoms with Crippen molar-refractivity contribution in [2.24, 2.45) is 44.8 Å². The minimum absolute atomic E-state index is 0.0161. The number of allylic oxidation sites excluding steroid dienone is 5. The van der Waals surface area contributed by atoms with E-state index in [1.165, 1.54) is 5.57 Å². The van der Waals surface area contributed by atoms with Crippen LogP contribution in [0.2, 0.25) is 0 Å². The maximum absolute atomic E-state index is 13.3. The van der Waals surface area contributed by atoms with E-state index < -0.39 is 5.41 Å². The lowest BCUT2D eigenvalue weighted by molar-refractivity contribution is -0.138. The van der Waals surface area contributed by atoms with Crippen LogP contribution in [-0.4, -0.2) is 24.4 Å². The van der Waals surface area contributed by atoms with Gasteiger partial charge in [-0.25, -0.2) is 4.79 Å². The van der Waals surface area contributed by atoms with Crippen LogP contribution >= 0.6 is 0 Å². The van der Waals surface area contributed by atoms with Gasteiger partial charge in [-0.1, -0.05) is 78.3 Å². The van der Waals surface area contributed by atoms with E-state index in [1.54, 1.807) is 7.05 Å². The van der Waals surface area contributed by atoms with E-state index >= 15 is 0 Å². The van der Waals surface area contributed by atoms with Crippen LogP contribution in [0.1, 0.15) is 93.4 Å². The molecule has 38 heavy (non-hydrogen) atoms. The monoisotopic (exact) mass is 517 g/mol. The summed E-state index contributed by atoms with van der Waals surface area (Å²) in [4.78, 5) is 26.0. The van der Waals surface area contributed by atoms with Crippen molar-refractivity contribution < 1.29 is 9.59 Å². The average molecular weight is 518 g/mol. The molecule has 5 rings (SSSR count). The third-order valence-electron chi connectivity index (χ3n) is 12.6. The van der Waals surface area contributed by atoms with Crippen molar-refractivity contribution in [2.45, 2.75) is 99.0 Å². The molecule has 2 amide bonds. The van der Waals surface area contributed by atoms with Gasteiger partial charge in [-0.05, 0) is 78.9 Å². The number of amides is 2. The van der Waals surface area contributed by atoms with E-state index in [-0.39, 0.29) is 50.8 Å². The second kappa shape index (κ2) is 8.09. The summed E-state index contributed by atoms with van der Waals surface area (Å²) in [5.41, 5.74) is 1.76. The van der Waals surface area contributed by atoms with E-state index in [4.69, 9.17) is 6.58 Å². The molecule has 5 aliphatic carbocycles. The molecule has 5 aliphatic rings. The van der Waals surface area contributed by atoms with Gasteiger partial charge < -0.3 is 10.6 Å². The van der Waals surface area contributed by atoms with E-state index in [2.05, 4.69) is 57.4 Å². The largest absolute Gasteiger partial charge is 0.341 e. The average Bonchev–Trinajstić information content (AvgIpc) is 2.83. The summed E-state index contributed by atoms with van der Waals surface area (Å²) in [6.45, 7) is 20.8. The quantitative estimate of drug-likeness (QED) is 0.398. The summed E-state index contributed by atoms with van der Waals surface area (Å²) in [6.07, 6.45) is 11.5. The Balaban J connectivity index is 1.68. The van der Waals surface area contributed by atoms with Gasteiger partial charge in [0, 0.05) is 23.4 Å². The summed E-state index contributed by atoms with van der Waals surface area (Å²) in [5.74, 6) is 0.708.